The van der Waals surface area contributed by atoms with Gasteiger partial charge in [0.1, 0.15) is 5.75 Å². The first-order valence-corrected chi connectivity index (χ1v) is 9.44. The van der Waals surface area contributed by atoms with Crippen LogP contribution in [-0.4, -0.2) is 45.2 Å². The van der Waals surface area contributed by atoms with Gasteiger partial charge in [0, 0.05) is 25.3 Å². The molecule has 0 heterocycles. The van der Waals surface area contributed by atoms with Crippen molar-refractivity contribution in [2.75, 3.05) is 31.3 Å². The molecular formula is C18H21N3O5S. The summed E-state index contributed by atoms with van der Waals surface area (Å²) in [4.78, 5) is 23.2. The Labute approximate surface area is 158 Å². The molecule has 2 aromatic carbocycles. The molecule has 0 unspecified atom stereocenters. The van der Waals surface area contributed by atoms with Crippen LogP contribution >= 0.6 is 0 Å². The van der Waals surface area contributed by atoms with E-state index in [2.05, 4.69) is 10.6 Å². The van der Waals surface area contributed by atoms with Crippen LogP contribution in [0.1, 0.15) is 6.92 Å². The fourth-order valence-corrected chi connectivity index (χ4v) is 3.38. The van der Waals surface area contributed by atoms with Crippen molar-refractivity contribution in [2.45, 2.75) is 11.8 Å². The monoisotopic (exact) mass is 391 g/mol. The summed E-state index contributed by atoms with van der Waals surface area (Å²) in [6.07, 6.45) is 0. The minimum Gasteiger partial charge on any atom is -0.497 e. The van der Waals surface area contributed by atoms with Gasteiger partial charge in [-0.2, -0.15) is 4.31 Å². The lowest BCUT2D eigenvalue weighted by molar-refractivity contribution is -0.116. The van der Waals surface area contributed by atoms with E-state index in [1.807, 2.05) is 0 Å². The van der Waals surface area contributed by atoms with Gasteiger partial charge in [-0.15, -0.1) is 0 Å². The highest BCUT2D eigenvalue weighted by atomic mass is 32.2. The Morgan fingerprint density at radius 3 is 2.00 bits per heavy atom. The molecule has 0 aromatic heterocycles. The average Bonchev–Trinajstić information content (AvgIpc) is 2.62. The highest BCUT2D eigenvalue weighted by Crippen LogP contribution is 2.18. The smallest absolute Gasteiger partial charge is 0.243 e. The Morgan fingerprint density at radius 1 is 0.963 bits per heavy atom. The maximum Gasteiger partial charge on any atom is 0.243 e. The Balaban J connectivity index is 2.02. The van der Waals surface area contributed by atoms with Gasteiger partial charge < -0.3 is 15.4 Å². The molecule has 0 bridgehead atoms. The number of nitrogens with one attached hydrogen (secondary N) is 2. The summed E-state index contributed by atoms with van der Waals surface area (Å²) >= 11 is 0. The molecule has 0 aliphatic heterocycles. The SMILES string of the molecule is COc1ccc(NC(=O)CN(C)S(=O)(=O)c2ccc(NC(C)=O)cc2)cc1. The number of carbonyl (C=O) groups excluding carboxylic acids is 2. The van der Waals surface area contributed by atoms with Crippen LogP contribution < -0.4 is 15.4 Å². The molecule has 0 radical (unpaired) electrons. The second-order valence-corrected chi connectivity index (χ2v) is 7.79. The van der Waals surface area contributed by atoms with E-state index in [0.717, 1.165) is 4.31 Å². The zero-order valence-corrected chi connectivity index (χ0v) is 16.0. The summed E-state index contributed by atoms with van der Waals surface area (Å²) in [5, 5.41) is 5.19. The van der Waals surface area contributed by atoms with Crippen molar-refractivity contribution in [3.05, 3.63) is 48.5 Å². The normalized spacial score (nSPS) is 11.1. The third-order valence-corrected chi connectivity index (χ3v) is 5.44. The largest absolute Gasteiger partial charge is 0.497 e. The zero-order valence-electron chi connectivity index (χ0n) is 15.2. The standard InChI is InChI=1S/C18H21N3O5S/c1-13(22)19-14-6-10-17(11-7-14)27(24,25)21(2)12-18(23)20-15-4-8-16(26-3)9-5-15/h4-11H,12H2,1-3H3,(H,19,22)(H,20,23). The highest BCUT2D eigenvalue weighted by molar-refractivity contribution is 7.89. The summed E-state index contributed by atoms with van der Waals surface area (Å²) in [6.45, 7) is 1.02. The third-order valence-electron chi connectivity index (χ3n) is 3.62. The molecular weight excluding hydrogens is 370 g/mol. The van der Waals surface area contributed by atoms with Crippen LogP contribution in [0.4, 0.5) is 11.4 Å². The van der Waals surface area contributed by atoms with Crippen molar-refractivity contribution < 1.29 is 22.7 Å². The Morgan fingerprint density at radius 2 is 1.48 bits per heavy atom. The summed E-state index contributed by atoms with van der Waals surface area (Å²) < 4.78 is 31.2. The van der Waals surface area contributed by atoms with E-state index in [9.17, 15) is 18.0 Å². The average molecular weight is 391 g/mol. The Bertz CT molecular complexity index is 909. The molecule has 0 saturated heterocycles. The van der Waals surface area contributed by atoms with Crippen LogP contribution in [0, 0.1) is 0 Å². The second kappa shape index (κ2) is 8.65. The van der Waals surface area contributed by atoms with E-state index < -0.39 is 15.9 Å². The molecule has 2 aromatic rings. The number of hydrogen-bond acceptors (Lipinski definition) is 5. The zero-order chi connectivity index (χ0) is 20.0. The number of carbonyl (C=O) groups is 2. The number of amides is 2. The predicted octanol–water partition coefficient (Wildman–Crippen LogP) is 1.91. The van der Waals surface area contributed by atoms with E-state index in [0.29, 0.717) is 17.1 Å². The van der Waals surface area contributed by atoms with Crippen LogP contribution in [0.25, 0.3) is 0 Å². The molecule has 0 saturated carbocycles. The highest BCUT2D eigenvalue weighted by Gasteiger charge is 2.23. The Hall–Kier alpha value is -2.91. The third kappa shape index (κ3) is 5.53. The molecule has 27 heavy (non-hydrogen) atoms. The van der Waals surface area contributed by atoms with E-state index in [1.54, 1.807) is 24.3 Å². The molecule has 2 rings (SSSR count). The first-order chi connectivity index (χ1) is 12.7. The van der Waals surface area contributed by atoms with Gasteiger partial charge in [-0.1, -0.05) is 0 Å². The Kier molecular flexibility index (Phi) is 6.54. The number of likely N-dealkylation sites (N-methyl/N-ethyl adjacent to an activating group) is 1. The number of rotatable bonds is 7. The number of sulfonamides is 1. The molecule has 0 fully saturated rings. The van der Waals surface area contributed by atoms with Crippen LogP contribution in [0.15, 0.2) is 53.4 Å². The lowest BCUT2D eigenvalue weighted by atomic mass is 10.3. The number of anilines is 2. The predicted molar refractivity (Wildman–Crippen MR) is 102 cm³/mol. The molecule has 2 N–H and O–H groups in total. The summed E-state index contributed by atoms with van der Waals surface area (Å²) in [6, 6.07) is 12.4. The second-order valence-electron chi connectivity index (χ2n) is 5.74. The molecule has 0 spiro atoms. The molecule has 8 nitrogen and oxygen atoms in total. The van der Waals surface area contributed by atoms with Crippen molar-refractivity contribution in [1.29, 1.82) is 0 Å². The summed E-state index contributed by atoms with van der Waals surface area (Å²) in [5.74, 6) is -0.0746. The van der Waals surface area contributed by atoms with Gasteiger partial charge in [0.05, 0.1) is 18.6 Å². The number of ether oxygens (including phenoxy) is 1. The lowest BCUT2D eigenvalue weighted by Gasteiger charge is -2.17. The van der Waals surface area contributed by atoms with Crippen molar-refractivity contribution in [1.82, 2.24) is 4.31 Å². The first kappa shape index (κ1) is 20.4. The molecule has 0 aliphatic rings. The molecule has 2 amide bonds. The van der Waals surface area contributed by atoms with Gasteiger partial charge in [-0.3, -0.25) is 9.59 Å². The molecule has 144 valence electrons. The van der Waals surface area contributed by atoms with Gasteiger partial charge in [0.2, 0.25) is 21.8 Å². The van der Waals surface area contributed by atoms with Crippen molar-refractivity contribution in [2.24, 2.45) is 0 Å². The summed E-state index contributed by atoms with van der Waals surface area (Å²) in [7, 11) is -0.981. The van der Waals surface area contributed by atoms with E-state index >= 15 is 0 Å². The van der Waals surface area contributed by atoms with Crippen LogP contribution in [0.5, 0.6) is 5.75 Å². The van der Waals surface area contributed by atoms with Crippen molar-refractivity contribution in [3.63, 3.8) is 0 Å². The van der Waals surface area contributed by atoms with E-state index in [4.69, 9.17) is 4.74 Å². The van der Waals surface area contributed by atoms with Gasteiger partial charge in [0.25, 0.3) is 0 Å². The number of nitrogens with zero attached hydrogens (tertiary/aromatic N) is 1. The van der Waals surface area contributed by atoms with Crippen LogP contribution in [-0.2, 0) is 19.6 Å². The number of methoxy groups -OCH3 is 1. The van der Waals surface area contributed by atoms with Crippen molar-refractivity contribution >= 4 is 33.2 Å². The van der Waals surface area contributed by atoms with E-state index in [1.165, 1.54) is 45.3 Å². The minimum atomic E-state index is -3.84. The van der Waals surface area contributed by atoms with Gasteiger partial charge in [0.15, 0.2) is 0 Å². The van der Waals surface area contributed by atoms with E-state index in [-0.39, 0.29) is 17.3 Å². The van der Waals surface area contributed by atoms with Gasteiger partial charge in [-0.05, 0) is 48.5 Å². The summed E-state index contributed by atoms with van der Waals surface area (Å²) in [5.41, 5.74) is 1.02. The number of benzene rings is 2. The number of hydrogen-bond donors (Lipinski definition) is 2. The maximum absolute atomic E-state index is 12.6. The quantitative estimate of drug-likeness (QED) is 0.750. The lowest BCUT2D eigenvalue weighted by Crippen LogP contribution is -2.34. The van der Waals surface area contributed by atoms with Gasteiger partial charge >= 0.3 is 0 Å². The fourth-order valence-electron chi connectivity index (χ4n) is 2.26. The minimum absolute atomic E-state index is 0.0244. The van der Waals surface area contributed by atoms with Crippen LogP contribution in [0.2, 0.25) is 0 Å². The maximum atomic E-state index is 12.6. The topological polar surface area (TPSA) is 105 Å². The first-order valence-electron chi connectivity index (χ1n) is 8.00. The van der Waals surface area contributed by atoms with Gasteiger partial charge in [-0.25, -0.2) is 8.42 Å². The molecule has 0 aliphatic carbocycles. The molecule has 9 heteroatoms. The molecule has 0 atom stereocenters. The fraction of sp³-hybridized carbons (Fsp3) is 0.222. The van der Waals surface area contributed by atoms with Crippen molar-refractivity contribution in [3.8, 4) is 5.75 Å². The van der Waals surface area contributed by atoms with Crippen LogP contribution in [0.3, 0.4) is 0 Å².